The molecule has 0 bridgehead atoms. The largest absolute Gasteiger partial charge is 0.367 e. The van der Waals surface area contributed by atoms with Gasteiger partial charge in [-0.25, -0.2) is 0 Å². The summed E-state index contributed by atoms with van der Waals surface area (Å²) in [4.78, 5) is 20.9. The van der Waals surface area contributed by atoms with Crippen LogP contribution in [-0.4, -0.2) is 52.9 Å². The maximum absolute atomic E-state index is 12.4. The molecule has 3 rings (SSSR count). The average molecular weight is 360 g/mol. The number of hydrogen-bond donors (Lipinski definition) is 0. The molecule has 0 aromatic carbocycles. The van der Waals surface area contributed by atoms with E-state index in [-0.39, 0.29) is 5.91 Å². The van der Waals surface area contributed by atoms with Gasteiger partial charge in [0.15, 0.2) is 0 Å². The van der Waals surface area contributed by atoms with Crippen molar-refractivity contribution in [3.63, 3.8) is 0 Å². The molecule has 1 amide bonds. The zero-order valence-electron chi connectivity index (χ0n) is 15.0. The van der Waals surface area contributed by atoms with Crippen LogP contribution in [0.3, 0.4) is 0 Å². The van der Waals surface area contributed by atoms with Gasteiger partial charge in [-0.3, -0.25) is 9.78 Å². The Morgan fingerprint density at radius 3 is 2.64 bits per heavy atom. The van der Waals surface area contributed by atoms with Gasteiger partial charge in [0, 0.05) is 43.7 Å². The van der Waals surface area contributed by atoms with Gasteiger partial charge in [0.1, 0.15) is 5.76 Å². The van der Waals surface area contributed by atoms with E-state index >= 15 is 0 Å². The summed E-state index contributed by atoms with van der Waals surface area (Å²) in [6, 6.07) is 2.03. The first-order valence-corrected chi connectivity index (χ1v) is 9.64. The van der Waals surface area contributed by atoms with Crippen LogP contribution in [0.4, 0.5) is 5.69 Å². The number of pyridine rings is 1. The number of carbonyl (C=O) groups is 1. The minimum absolute atomic E-state index is 0.208. The molecule has 3 heterocycles. The molecule has 1 fully saturated rings. The number of amides is 1. The summed E-state index contributed by atoms with van der Waals surface area (Å²) in [5, 5.41) is 3.95. The van der Waals surface area contributed by atoms with E-state index in [0.29, 0.717) is 5.75 Å². The van der Waals surface area contributed by atoms with Gasteiger partial charge >= 0.3 is 0 Å². The first kappa shape index (κ1) is 17.8. The summed E-state index contributed by atoms with van der Waals surface area (Å²) in [5.41, 5.74) is 4.42. The standard InChI is InChI=1S/C18H24N4O2S/c1-13-4-5-19-10-17(13)21-6-8-22(9-7-21)18(23)12-25-11-16-14(2)20-24-15(16)3/h4-5,10H,6-9,11-12H2,1-3H3. The molecule has 0 aliphatic carbocycles. The van der Waals surface area contributed by atoms with Crippen LogP contribution in [0.2, 0.25) is 0 Å². The highest BCUT2D eigenvalue weighted by Crippen LogP contribution is 2.22. The topological polar surface area (TPSA) is 62.5 Å². The lowest BCUT2D eigenvalue weighted by Gasteiger charge is -2.36. The van der Waals surface area contributed by atoms with Crippen molar-refractivity contribution in [1.82, 2.24) is 15.0 Å². The third-order valence-electron chi connectivity index (χ3n) is 4.64. The summed E-state index contributed by atoms with van der Waals surface area (Å²) in [6.45, 7) is 9.18. The van der Waals surface area contributed by atoms with Gasteiger partial charge in [0.05, 0.1) is 23.3 Å². The quantitative estimate of drug-likeness (QED) is 0.817. The maximum atomic E-state index is 12.4. The smallest absolute Gasteiger partial charge is 0.232 e. The molecular weight excluding hydrogens is 336 g/mol. The number of anilines is 1. The minimum Gasteiger partial charge on any atom is -0.367 e. The summed E-state index contributed by atoms with van der Waals surface area (Å²) < 4.78 is 5.16. The fraction of sp³-hybridized carbons (Fsp3) is 0.500. The van der Waals surface area contributed by atoms with Crippen LogP contribution in [-0.2, 0) is 10.5 Å². The second-order valence-electron chi connectivity index (χ2n) is 6.33. The van der Waals surface area contributed by atoms with Gasteiger partial charge in [-0.15, -0.1) is 11.8 Å². The second-order valence-corrected chi connectivity index (χ2v) is 7.31. The van der Waals surface area contributed by atoms with Crippen molar-refractivity contribution in [2.75, 3.05) is 36.8 Å². The molecule has 0 saturated carbocycles. The van der Waals surface area contributed by atoms with E-state index in [9.17, 15) is 4.79 Å². The molecule has 134 valence electrons. The number of hydrogen-bond acceptors (Lipinski definition) is 6. The molecule has 1 aliphatic rings. The lowest BCUT2D eigenvalue weighted by molar-refractivity contribution is -0.128. The molecule has 2 aromatic rings. The first-order chi connectivity index (χ1) is 12.1. The van der Waals surface area contributed by atoms with E-state index in [1.54, 1.807) is 11.8 Å². The van der Waals surface area contributed by atoms with Gasteiger partial charge in [0.25, 0.3) is 0 Å². The zero-order valence-corrected chi connectivity index (χ0v) is 15.8. The molecule has 1 saturated heterocycles. The van der Waals surface area contributed by atoms with E-state index in [1.165, 1.54) is 11.3 Å². The number of piperazine rings is 1. The molecule has 0 N–H and O–H groups in total. The maximum Gasteiger partial charge on any atom is 0.232 e. The summed E-state index contributed by atoms with van der Waals surface area (Å²) in [7, 11) is 0. The minimum atomic E-state index is 0.208. The highest BCUT2D eigenvalue weighted by molar-refractivity contribution is 7.99. The first-order valence-electron chi connectivity index (χ1n) is 8.49. The Morgan fingerprint density at radius 2 is 2.00 bits per heavy atom. The fourth-order valence-corrected chi connectivity index (χ4v) is 4.10. The number of thioether (sulfide) groups is 1. The number of carbonyl (C=O) groups excluding carboxylic acids is 1. The van der Waals surface area contributed by atoms with Crippen LogP contribution in [0.1, 0.15) is 22.6 Å². The van der Waals surface area contributed by atoms with Crippen LogP contribution in [0.15, 0.2) is 23.0 Å². The lowest BCUT2D eigenvalue weighted by atomic mass is 10.2. The Morgan fingerprint density at radius 1 is 1.24 bits per heavy atom. The Kier molecular flexibility index (Phi) is 5.63. The zero-order chi connectivity index (χ0) is 17.8. The van der Waals surface area contributed by atoms with Crippen molar-refractivity contribution in [1.29, 1.82) is 0 Å². The van der Waals surface area contributed by atoms with Crippen LogP contribution >= 0.6 is 11.8 Å². The number of aryl methyl sites for hydroxylation is 3. The predicted molar refractivity (Wildman–Crippen MR) is 99.9 cm³/mol. The van der Waals surface area contributed by atoms with Crippen molar-refractivity contribution in [3.05, 3.63) is 41.0 Å². The van der Waals surface area contributed by atoms with Crippen LogP contribution < -0.4 is 4.90 Å². The molecule has 0 atom stereocenters. The van der Waals surface area contributed by atoms with E-state index in [2.05, 4.69) is 22.0 Å². The van der Waals surface area contributed by atoms with Gasteiger partial charge in [-0.05, 0) is 32.4 Å². The number of rotatable bonds is 5. The summed E-state index contributed by atoms with van der Waals surface area (Å²) in [6.07, 6.45) is 3.72. The van der Waals surface area contributed by atoms with E-state index < -0.39 is 0 Å². The normalized spacial score (nSPS) is 14.8. The Balaban J connectivity index is 1.46. The average Bonchev–Trinajstić information content (AvgIpc) is 2.94. The molecule has 2 aromatic heterocycles. The van der Waals surface area contributed by atoms with Crippen molar-refractivity contribution in [2.45, 2.75) is 26.5 Å². The monoisotopic (exact) mass is 360 g/mol. The molecular formula is C18H24N4O2S. The van der Waals surface area contributed by atoms with Crippen LogP contribution in [0.5, 0.6) is 0 Å². The molecule has 0 unspecified atom stereocenters. The molecule has 6 nitrogen and oxygen atoms in total. The Labute approximate surface area is 152 Å². The molecule has 0 radical (unpaired) electrons. The number of aromatic nitrogens is 2. The van der Waals surface area contributed by atoms with Gasteiger partial charge in [-0.1, -0.05) is 5.16 Å². The van der Waals surface area contributed by atoms with Crippen molar-refractivity contribution < 1.29 is 9.32 Å². The van der Waals surface area contributed by atoms with E-state index in [0.717, 1.165) is 48.9 Å². The highest BCUT2D eigenvalue weighted by atomic mass is 32.2. The van der Waals surface area contributed by atoms with Gasteiger partial charge in [0.2, 0.25) is 5.91 Å². The molecule has 1 aliphatic heterocycles. The summed E-state index contributed by atoms with van der Waals surface area (Å²) in [5.74, 6) is 2.31. The SMILES string of the molecule is Cc1ccncc1N1CCN(C(=O)CSCc2c(C)noc2C)CC1. The van der Waals surface area contributed by atoms with Crippen molar-refractivity contribution in [2.24, 2.45) is 0 Å². The molecule has 7 heteroatoms. The molecule has 0 spiro atoms. The van der Waals surface area contributed by atoms with E-state index in [1.807, 2.05) is 37.2 Å². The number of nitrogens with zero attached hydrogens (tertiary/aromatic N) is 4. The third kappa shape index (κ3) is 4.15. The Hall–Kier alpha value is -2.02. The van der Waals surface area contributed by atoms with Gasteiger partial charge < -0.3 is 14.3 Å². The second kappa shape index (κ2) is 7.91. The predicted octanol–water partition coefficient (Wildman–Crippen LogP) is 2.58. The van der Waals surface area contributed by atoms with Crippen molar-refractivity contribution >= 4 is 23.4 Å². The third-order valence-corrected chi connectivity index (χ3v) is 5.58. The lowest BCUT2D eigenvalue weighted by Crippen LogP contribution is -2.49. The highest BCUT2D eigenvalue weighted by Gasteiger charge is 2.22. The van der Waals surface area contributed by atoms with E-state index in [4.69, 9.17) is 4.52 Å². The van der Waals surface area contributed by atoms with Crippen LogP contribution in [0.25, 0.3) is 0 Å². The fourth-order valence-electron chi connectivity index (χ4n) is 3.02. The van der Waals surface area contributed by atoms with Crippen LogP contribution in [0, 0.1) is 20.8 Å². The van der Waals surface area contributed by atoms with Gasteiger partial charge in [-0.2, -0.15) is 0 Å². The molecule has 25 heavy (non-hydrogen) atoms. The van der Waals surface area contributed by atoms with Crippen molar-refractivity contribution in [3.8, 4) is 0 Å². The summed E-state index contributed by atoms with van der Waals surface area (Å²) >= 11 is 1.63. The Bertz CT molecular complexity index is 719.